The maximum atomic E-state index is 11.7. The van der Waals surface area contributed by atoms with Gasteiger partial charge in [-0.3, -0.25) is 0 Å². The van der Waals surface area contributed by atoms with Gasteiger partial charge in [-0.15, -0.1) is 0 Å². The van der Waals surface area contributed by atoms with Crippen molar-refractivity contribution in [3.8, 4) is 0 Å². The monoisotopic (exact) mass is 400 g/mol. The second-order valence-corrected chi connectivity index (χ2v) is 7.18. The molecular weight excluding hydrogens is 368 g/mol. The molecule has 28 heavy (non-hydrogen) atoms. The Kier molecular flexibility index (Phi) is 10.9. The number of carbonyl (C=O) groups is 1. The van der Waals surface area contributed by atoms with Gasteiger partial charge in [0.05, 0.1) is 0 Å². The zero-order chi connectivity index (χ0) is 20.9. The predicted octanol–water partition coefficient (Wildman–Crippen LogP) is 4.74. The van der Waals surface area contributed by atoms with Crippen molar-refractivity contribution >= 4 is 23.3 Å². The standard InChI is InChI=1S/C21H26N2O2S.C2H6/c1-16(2)14-23(15-18-11-7-4-8-12-18)21(26)22-19(20(24)25)13-17-9-5-3-6-10-17;1-2/h3-12,16,19H,13-15H2,1-2H3,(H,22,26)(H,24,25);1-2H3/t19-;/m0./s1. The number of rotatable bonds is 8. The largest absolute Gasteiger partial charge is 0.480 e. The van der Waals surface area contributed by atoms with Gasteiger partial charge in [-0.25, -0.2) is 4.79 Å². The van der Waals surface area contributed by atoms with Gasteiger partial charge in [-0.1, -0.05) is 88.4 Å². The molecule has 0 bridgehead atoms. The maximum absolute atomic E-state index is 11.7. The van der Waals surface area contributed by atoms with Gasteiger partial charge in [0.1, 0.15) is 6.04 Å². The number of carboxylic acid groups (broad SMARTS) is 1. The van der Waals surface area contributed by atoms with Gasteiger partial charge in [0.25, 0.3) is 0 Å². The second kappa shape index (κ2) is 12.9. The molecule has 2 N–H and O–H groups in total. The van der Waals surface area contributed by atoms with E-state index in [0.29, 0.717) is 24.0 Å². The highest BCUT2D eigenvalue weighted by atomic mass is 32.1. The molecule has 1 atom stereocenters. The van der Waals surface area contributed by atoms with E-state index in [9.17, 15) is 9.90 Å². The summed E-state index contributed by atoms with van der Waals surface area (Å²) in [5.41, 5.74) is 2.11. The Morgan fingerprint density at radius 2 is 1.50 bits per heavy atom. The van der Waals surface area contributed by atoms with Gasteiger partial charge in [0.2, 0.25) is 0 Å². The minimum Gasteiger partial charge on any atom is -0.480 e. The average Bonchev–Trinajstić information content (AvgIpc) is 2.69. The summed E-state index contributed by atoms with van der Waals surface area (Å²) in [6, 6.07) is 18.9. The molecule has 0 heterocycles. The van der Waals surface area contributed by atoms with E-state index >= 15 is 0 Å². The number of aliphatic carboxylic acids is 1. The van der Waals surface area contributed by atoms with Gasteiger partial charge in [-0.05, 0) is 29.3 Å². The predicted molar refractivity (Wildman–Crippen MR) is 120 cm³/mol. The molecule has 0 aromatic heterocycles. The van der Waals surface area contributed by atoms with Crippen LogP contribution in [-0.4, -0.2) is 33.7 Å². The zero-order valence-electron chi connectivity index (χ0n) is 17.3. The normalized spacial score (nSPS) is 11.2. The van der Waals surface area contributed by atoms with Gasteiger partial charge in [-0.2, -0.15) is 0 Å². The molecule has 2 aromatic carbocycles. The Balaban J connectivity index is 0.00000190. The Labute approximate surface area is 174 Å². The number of nitrogens with zero attached hydrogens (tertiary/aromatic N) is 1. The summed E-state index contributed by atoms with van der Waals surface area (Å²) in [6.45, 7) is 9.67. The molecule has 0 aliphatic rings. The van der Waals surface area contributed by atoms with E-state index in [2.05, 4.69) is 31.3 Å². The highest BCUT2D eigenvalue weighted by Gasteiger charge is 2.22. The summed E-state index contributed by atoms with van der Waals surface area (Å²) in [6.07, 6.45) is 0.386. The van der Waals surface area contributed by atoms with Crippen molar-refractivity contribution in [2.24, 2.45) is 5.92 Å². The summed E-state index contributed by atoms with van der Waals surface area (Å²) in [5, 5.41) is 13.1. The van der Waals surface area contributed by atoms with Crippen LogP contribution in [0.5, 0.6) is 0 Å². The molecule has 0 saturated carbocycles. The van der Waals surface area contributed by atoms with Crippen LogP contribution in [-0.2, 0) is 17.8 Å². The molecule has 4 nitrogen and oxygen atoms in total. The van der Waals surface area contributed by atoms with Crippen LogP contribution in [0.2, 0.25) is 0 Å². The van der Waals surface area contributed by atoms with Crippen LogP contribution in [0.1, 0.15) is 38.8 Å². The van der Waals surface area contributed by atoms with Crippen LogP contribution >= 0.6 is 12.2 Å². The van der Waals surface area contributed by atoms with E-state index in [1.807, 2.05) is 67.3 Å². The zero-order valence-corrected chi connectivity index (χ0v) is 18.1. The lowest BCUT2D eigenvalue weighted by Crippen LogP contribution is -2.49. The number of carboxylic acids is 1. The fourth-order valence-electron chi connectivity index (χ4n) is 2.75. The molecule has 2 rings (SSSR count). The number of benzene rings is 2. The average molecular weight is 401 g/mol. The van der Waals surface area contributed by atoms with Crippen LogP contribution in [0.4, 0.5) is 0 Å². The minimum atomic E-state index is -0.902. The smallest absolute Gasteiger partial charge is 0.326 e. The minimum absolute atomic E-state index is 0.386. The van der Waals surface area contributed by atoms with Crippen LogP contribution < -0.4 is 5.32 Å². The van der Waals surface area contributed by atoms with Crippen molar-refractivity contribution in [1.82, 2.24) is 10.2 Å². The first-order valence-electron chi connectivity index (χ1n) is 9.81. The SMILES string of the molecule is CC.CC(C)CN(Cc1ccccc1)C(=S)N[C@@H](Cc1ccccc1)C(=O)O. The quantitative estimate of drug-likeness (QED) is 0.627. The molecule has 0 unspecified atom stereocenters. The molecule has 0 fully saturated rings. The Morgan fingerprint density at radius 1 is 1.00 bits per heavy atom. The topological polar surface area (TPSA) is 52.6 Å². The van der Waals surface area contributed by atoms with E-state index < -0.39 is 12.0 Å². The third kappa shape index (κ3) is 8.53. The van der Waals surface area contributed by atoms with Crippen molar-refractivity contribution in [2.45, 2.75) is 46.7 Å². The summed E-state index contributed by atoms with van der Waals surface area (Å²) < 4.78 is 0. The van der Waals surface area contributed by atoms with Gasteiger partial charge in [0.15, 0.2) is 5.11 Å². The highest BCUT2D eigenvalue weighted by molar-refractivity contribution is 7.80. The van der Waals surface area contributed by atoms with E-state index in [4.69, 9.17) is 12.2 Å². The Hall–Kier alpha value is -2.40. The molecule has 2 aromatic rings. The molecular formula is C23H32N2O2S. The second-order valence-electron chi connectivity index (χ2n) is 6.79. The van der Waals surface area contributed by atoms with Gasteiger partial charge >= 0.3 is 5.97 Å². The first-order chi connectivity index (χ1) is 13.5. The van der Waals surface area contributed by atoms with E-state index in [1.165, 1.54) is 0 Å². The molecule has 0 radical (unpaired) electrons. The van der Waals surface area contributed by atoms with Crippen molar-refractivity contribution < 1.29 is 9.90 Å². The lowest BCUT2D eigenvalue weighted by molar-refractivity contribution is -0.139. The Morgan fingerprint density at radius 3 is 1.96 bits per heavy atom. The molecule has 0 aliphatic carbocycles. The summed E-state index contributed by atoms with van der Waals surface area (Å²) in [7, 11) is 0. The molecule has 0 spiro atoms. The lowest BCUT2D eigenvalue weighted by Gasteiger charge is -2.29. The fraction of sp³-hybridized carbons (Fsp3) is 0.391. The van der Waals surface area contributed by atoms with E-state index in [1.54, 1.807) is 0 Å². The first-order valence-corrected chi connectivity index (χ1v) is 10.2. The van der Waals surface area contributed by atoms with Crippen molar-refractivity contribution in [3.05, 3.63) is 71.8 Å². The van der Waals surface area contributed by atoms with Crippen LogP contribution in [0, 0.1) is 5.92 Å². The number of nitrogens with one attached hydrogen (secondary N) is 1. The Bertz CT molecular complexity index is 705. The number of hydrogen-bond donors (Lipinski definition) is 2. The van der Waals surface area contributed by atoms with Crippen molar-refractivity contribution in [1.29, 1.82) is 0 Å². The summed E-state index contributed by atoms with van der Waals surface area (Å²) in [5.74, 6) is -0.490. The third-order valence-electron chi connectivity index (χ3n) is 3.97. The van der Waals surface area contributed by atoms with Crippen LogP contribution in [0.25, 0.3) is 0 Å². The third-order valence-corrected chi connectivity index (χ3v) is 4.34. The van der Waals surface area contributed by atoms with Gasteiger partial charge in [0, 0.05) is 19.5 Å². The number of hydrogen-bond acceptors (Lipinski definition) is 2. The van der Waals surface area contributed by atoms with Crippen LogP contribution in [0.3, 0.4) is 0 Å². The lowest BCUT2D eigenvalue weighted by atomic mass is 10.1. The molecule has 0 aliphatic heterocycles. The van der Waals surface area contributed by atoms with Gasteiger partial charge < -0.3 is 15.3 Å². The molecule has 0 saturated heterocycles. The van der Waals surface area contributed by atoms with Crippen molar-refractivity contribution in [2.75, 3.05) is 6.54 Å². The summed E-state index contributed by atoms with van der Waals surface area (Å²) >= 11 is 5.56. The molecule has 5 heteroatoms. The van der Waals surface area contributed by atoms with Crippen LogP contribution in [0.15, 0.2) is 60.7 Å². The number of thiocarbonyl (C=S) groups is 1. The van der Waals surface area contributed by atoms with E-state index in [0.717, 1.165) is 17.7 Å². The van der Waals surface area contributed by atoms with E-state index in [-0.39, 0.29) is 0 Å². The van der Waals surface area contributed by atoms with Crippen molar-refractivity contribution in [3.63, 3.8) is 0 Å². The highest BCUT2D eigenvalue weighted by Crippen LogP contribution is 2.10. The maximum Gasteiger partial charge on any atom is 0.326 e. The molecule has 0 amide bonds. The first kappa shape index (κ1) is 23.6. The fourth-order valence-corrected chi connectivity index (χ4v) is 3.04. The summed E-state index contributed by atoms with van der Waals surface area (Å²) in [4.78, 5) is 13.7. The molecule has 152 valence electrons.